The molecule has 0 fully saturated rings. The third-order valence-electron chi connectivity index (χ3n) is 2.94. The number of benzene rings is 1. The number of methoxy groups -OCH3 is 1. The van der Waals surface area contributed by atoms with Crippen molar-refractivity contribution in [2.45, 2.75) is 19.3 Å². The van der Waals surface area contributed by atoms with Gasteiger partial charge in [0.2, 0.25) is 11.8 Å². The van der Waals surface area contributed by atoms with Crippen molar-refractivity contribution >= 4 is 17.5 Å². The van der Waals surface area contributed by atoms with E-state index < -0.39 is 5.82 Å². The van der Waals surface area contributed by atoms with Crippen LogP contribution in [0.3, 0.4) is 0 Å². The van der Waals surface area contributed by atoms with E-state index in [9.17, 15) is 14.0 Å². The Morgan fingerprint density at radius 3 is 2.76 bits per heavy atom. The highest BCUT2D eigenvalue weighted by Gasteiger charge is 2.11. The zero-order valence-electron chi connectivity index (χ0n) is 12.4. The number of amides is 2. The monoisotopic (exact) mass is 296 g/mol. The summed E-state index contributed by atoms with van der Waals surface area (Å²) in [6.45, 7) is 1.19. The number of anilines is 1. The van der Waals surface area contributed by atoms with Crippen LogP contribution < -0.4 is 5.32 Å². The lowest BCUT2D eigenvalue weighted by molar-refractivity contribution is -0.131. The summed E-state index contributed by atoms with van der Waals surface area (Å²) in [7, 11) is 3.31. The SMILES string of the molecule is COCCCN(C)C(=O)CCC(=O)Nc1cccc(F)c1. The fourth-order valence-corrected chi connectivity index (χ4v) is 1.77. The minimum atomic E-state index is -0.415. The van der Waals surface area contributed by atoms with E-state index >= 15 is 0 Å². The molecule has 0 atom stereocenters. The molecule has 116 valence electrons. The van der Waals surface area contributed by atoms with E-state index in [0.29, 0.717) is 18.8 Å². The van der Waals surface area contributed by atoms with E-state index in [-0.39, 0.29) is 24.7 Å². The predicted molar refractivity (Wildman–Crippen MR) is 78.4 cm³/mol. The molecular weight excluding hydrogens is 275 g/mol. The van der Waals surface area contributed by atoms with Crippen molar-refractivity contribution in [3.8, 4) is 0 Å². The zero-order valence-corrected chi connectivity index (χ0v) is 12.4. The highest BCUT2D eigenvalue weighted by molar-refractivity contribution is 5.93. The summed E-state index contributed by atoms with van der Waals surface area (Å²) in [4.78, 5) is 25.1. The first kappa shape index (κ1) is 17.1. The van der Waals surface area contributed by atoms with Gasteiger partial charge in [0.15, 0.2) is 0 Å². The van der Waals surface area contributed by atoms with E-state index in [2.05, 4.69) is 5.32 Å². The number of hydrogen-bond donors (Lipinski definition) is 1. The second kappa shape index (κ2) is 9.07. The van der Waals surface area contributed by atoms with Crippen LogP contribution in [0.2, 0.25) is 0 Å². The largest absolute Gasteiger partial charge is 0.385 e. The Morgan fingerprint density at radius 2 is 2.10 bits per heavy atom. The summed E-state index contributed by atoms with van der Waals surface area (Å²) < 4.78 is 17.9. The van der Waals surface area contributed by atoms with Gasteiger partial charge in [-0.05, 0) is 24.6 Å². The van der Waals surface area contributed by atoms with Crippen LogP contribution in [0, 0.1) is 5.82 Å². The van der Waals surface area contributed by atoms with Gasteiger partial charge in [0.1, 0.15) is 5.82 Å². The van der Waals surface area contributed by atoms with Gasteiger partial charge in [-0.2, -0.15) is 0 Å². The molecule has 6 heteroatoms. The molecule has 0 unspecified atom stereocenters. The van der Waals surface area contributed by atoms with Crippen LogP contribution >= 0.6 is 0 Å². The molecule has 0 heterocycles. The van der Waals surface area contributed by atoms with Crippen LogP contribution in [0.4, 0.5) is 10.1 Å². The average molecular weight is 296 g/mol. The Balaban J connectivity index is 2.30. The van der Waals surface area contributed by atoms with Gasteiger partial charge in [0.25, 0.3) is 0 Å². The van der Waals surface area contributed by atoms with Crippen molar-refractivity contribution in [1.29, 1.82) is 0 Å². The van der Waals surface area contributed by atoms with Crippen LogP contribution in [0.1, 0.15) is 19.3 Å². The first-order valence-corrected chi connectivity index (χ1v) is 6.81. The molecule has 1 rings (SSSR count). The van der Waals surface area contributed by atoms with E-state index in [1.54, 1.807) is 25.1 Å². The molecule has 0 aliphatic rings. The fourth-order valence-electron chi connectivity index (χ4n) is 1.77. The maximum atomic E-state index is 13.0. The molecule has 0 saturated carbocycles. The second-order valence-electron chi connectivity index (χ2n) is 4.72. The molecule has 0 aliphatic carbocycles. The minimum absolute atomic E-state index is 0.0734. The van der Waals surface area contributed by atoms with Gasteiger partial charge in [0, 0.05) is 45.8 Å². The van der Waals surface area contributed by atoms with E-state index in [0.717, 1.165) is 6.42 Å². The Bertz CT molecular complexity index is 480. The lowest BCUT2D eigenvalue weighted by Crippen LogP contribution is -2.29. The Kier molecular flexibility index (Phi) is 7.39. The molecule has 0 aliphatic heterocycles. The first-order chi connectivity index (χ1) is 10.0. The van der Waals surface area contributed by atoms with Crippen LogP contribution in [0.15, 0.2) is 24.3 Å². The Hall–Kier alpha value is -1.95. The van der Waals surface area contributed by atoms with Gasteiger partial charge < -0.3 is 15.0 Å². The van der Waals surface area contributed by atoms with Crippen molar-refractivity contribution in [3.05, 3.63) is 30.1 Å². The summed E-state index contributed by atoms with van der Waals surface area (Å²) >= 11 is 0. The second-order valence-corrected chi connectivity index (χ2v) is 4.72. The normalized spacial score (nSPS) is 10.2. The van der Waals surface area contributed by atoms with E-state index in [1.807, 2.05) is 0 Å². The number of carbonyl (C=O) groups is 2. The number of nitrogens with one attached hydrogen (secondary N) is 1. The third-order valence-corrected chi connectivity index (χ3v) is 2.94. The highest BCUT2D eigenvalue weighted by Crippen LogP contribution is 2.10. The quantitative estimate of drug-likeness (QED) is 0.747. The molecule has 0 aromatic heterocycles. The van der Waals surface area contributed by atoms with E-state index in [1.165, 1.54) is 18.2 Å². The molecule has 0 bridgehead atoms. The van der Waals surface area contributed by atoms with Gasteiger partial charge in [-0.1, -0.05) is 6.07 Å². The van der Waals surface area contributed by atoms with Gasteiger partial charge in [0.05, 0.1) is 0 Å². The van der Waals surface area contributed by atoms with Crippen molar-refractivity contribution in [2.24, 2.45) is 0 Å². The van der Waals surface area contributed by atoms with E-state index in [4.69, 9.17) is 4.74 Å². The van der Waals surface area contributed by atoms with Gasteiger partial charge >= 0.3 is 0 Å². The van der Waals surface area contributed by atoms with Crippen LogP contribution in [-0.2, 0) is 14.3 Å². The molecule has 1 N–H and O–H groups in total. The summed E-state index contributed by atoms with van der Waals surface area (Å²) in [5, 5.41) is 2.56. The molecule has 2 amide bonds. The lowest BCUT2D eigenvalue weighted by atomic mass is 10.2. The number of nitrogens with zero attached hydrogens (tertiary/aromatic N) is 1. The molecule has 0 spiro atoms. The van der Waals surface area contributed by atoms with Gasteiger partial charge in [-0.15, -0.1) is 0 Å². The number of rotatable bonds is 8. The maximum absolute atomic E-state index is 13.0. The molecule has 5 nitrogen and oxygen atoms in total. The molecule has 0 radical (unpaired) electrons. The summed E-state index contributed by atoms with van der Waals surface area (Å²) in [5.41, 5.74) is 0.390. The minimum Gasteiger partial charge on any atom is -0.385 e. The Morgan fingerprint density at radius 1 is 1.33 bits per heavy atom. The van der Waals surface area contributed by atoms with Crippen molar-refractivity contribution in [2.75, 3.05) is 32.6 Å². The highest BCUT2D eigenvalue weighted by atomic mass is 19.1. The fraction of sp³-hybridized carbons (Fsp3) is 0.467. The smallest absolute Gasteiger partial charge is 0.224 e. The molecule has 1 aromatic carbocycles. The Labute approximate surface area is 124 Å². The first-order valence-electron chi connectivity index (χ1n) is 6.81. The molecule has 21 heavy (non-hydrogen) atoms. The van der Waals surface area contributed by atoms with Crippen molar-refractivity contribution in [3.63, 3.8) is 0 Å². The summed E-state index contributed by atoms with van der Waals surface area (Å²) in [6, 6.07) is 5.64. The number of halogens is 1. The zero-order chi connectivity index (χ0) is 15.7. The van der Waals surface area contributed by atoms with Crippen LogP contribution in [-0.4, -0.2) is 44.0 Å². The lowest BCUT2D eigenvalue weighted by Gasteiger charge is -2.16. The topological polar surface area (TPSA) is 58.6 Å². The summed E-state index contributed by atoms with van der Waals surface area (Å²) in [6.07, 6.45) is 0.961. The third kappa shape index (κ3) is 6.85. The van der Waals surface area contributed by atoms with Gasteiger partial charge in [-0.3, -0.25) is 9.59 Å². The number of hydrogen-bond acceptors (Lipinski definition) is 3. The van der Waals surface area contributed by atoms with Crippen LogP contribution in [0.25, 0.3) is 0 Å². The maximum Gasteiger partial charge on any atom is 0.224 e. The van der Waals surface area contributed by atoms with Crippen molar-refractivity contribution in [1.82, 2.24) is 4.90 Å². The predicted octanol–water partition coefficient (Wildman–Crippen LogP) is 2.04. The molecular formula is C15H21FN2O3. The average Bonchev–Trinajstić information content (AvgIpc) is 2.45. The number of ether oxygens (including phenoxy) is 1. The van der Waals surface area contributed by atoms with Crippen molar-refractivity contribution < 1.29 is 18.7 Å². The standard InChI is InChI=1S/C15H21FN2O3/c1-18(9-4-10-21-2)15(20)8-7-14(19)17-13-6-3-5-12(16)11-13/h3,5-6,11H,4,7-10H2,1-2H3,(H,17,19). The summed E-state index contributed by atoms with van der Waals surface area (Å²) in [5.74, 6) is -0.818. The number of carbonyl (C=O) groups excluding carboxylic acids is 2. The van der Waals surface area contributed by atoms with Gasteiger partial charge in [-0.25, -0.2) is 4.39 Å². The van der Waals surface area contributed by atoms with Crippen LogP contribution in [0.5, 0.6) is 0 Å². The molecule has 1 aromatic rings. The molecule has 0 saturated heterocycles.